The van der Waals surface area contributed by atoms with Gasteiger partial charge in [-0.05, 0) is 50.2 Å². The molecule has 0 aliphatic carbocycles. The zero-order valence-electron chi connectivity index (χ0n) is 13.1. The molecule has 7 heteroatoms. The van der Waals surface area contributed by atoms with E-state index in [-0.39, 0.29) is 16.9 Å². The number of halogens is 3. The molecule has 0 saturated heterocycles. The average Bonchev–Trinajstić information content (AvgIpc) is 2.53. The van der Waals surface area contributed by atoms with Gasteiger partial charge in [-0.25, -0.2) is 0 Å². The summed E-state index contributed by atoms with van der Waals surface area (Å²) < 4.78 is 30.2. The highest BCUT2D eigenvalue weighted by Gasteiger charge is 2.17. The van der Waals surface area contributed by atoms with Crippen LogP contribution < -0.4 is 10.1 Å². The van der Waals surface area contributed by atoms with Crippen LogP contribution in [0.25, 0.3) is 0 Å². The van der Waals surface area contributed by atoms with Gasteiger partial charge in [-0.1, -0.05) is 22.0 Å². The monoisotopic (exact) mass is 415 g/mol. The standard InChI is InChI=1S/C17H16BrF2NO2S/c1-10-14(4-3-5-15(10)23-17(19)20)21-16(22)11(2)24-13-8-6-12(18)7-9-13/h3-9,11,17H,1-2H3,(H,21,22). The van der Waals surface area contributed by atoms with Crippen molar-refractivity contribution >= 4 is 39.3 Å². The van der Waals surface area contributed by atoms with Crippen LogP contribution in [-0.2, 0) is 4.79 Å². The fourth-order valence-corrected chi connectivity index (χ4v) is 3.11. The summed E-state index contributed by atoms with van der Waals surface area (Å²) >= 11 is 4.78. The highest BCUT2D eigenvalue weighted by molar-refractivity contribution is 9.10. The fourth-order valence-electron chi connectivity index (χ4n) is 1.98. The highest BCUT2D eigenvalue weighted by Crippen LogP contribution is 2.29. The van der Waals surface area contributed by atoms with Gasteiger partial charge < -0.3 is 10.1 Å². The Morgan fingerprint density at radius 1 is 1.21 bits per heavy atom. The molecule has 0 spiro atoms. The van der Waals surface area contributed by atoms with Crippen molar-refractivity contribution in [3.63, 3.8) is 0 Å². The van der Waals surface area contributed by atoms with E-state index in [9.17, 15) is 13.6 Å². The molecule has 0 fully saturated rings. The number of carbonyl (C=O) groups is 1. The topological polar surface area (TPSA) is 38.3 Å². The van der Waals surface area contributed by atoms with Crippen LogP contribution in [0, 0.1) is 6.92 Å². The number of carbonyl (C=O) groups excluding carboxylic acids is 1. The Labute approximate surface area is 151 Å². The van der Waals surface area contributed by atoms with E-state index in [0.29, 0.717) is 11.3 Å². The molecule has 1 unspecified atom stereocenters. The number of rotatable bonds is 6. The number of anilines is 1. The first-order valence-electron chi connectivity index (χ1n) is 7.14. The second kappa shape index (κ2) is 8.48. The lowest BCUT2D eigenvalue weighted by atomic mass is 10.1. The minimum atomic E-state index is -2.90. The third-order valence-electron chi connectivity index (χ3n) is 3.25. The molecule has 3 nitrogen and oxygen atoms in total. The van der Waals surface area contributed by atoms with Crippen LogP contribution in [0.4, 0.5) is 14.5 Å². The van der Waals surface area contributed by atoms with E-state index >= 15 is 0 Å². The van der Waals surface area contributed by atoms with Crippen molar-refractivity contribution in [1.82, 2.24) is 0 Å². The van der Waals surface area contributed by atoms with Crippen LogP contribution in [-0.4, -0.2) is 17.8 Å². The molecular weight excluding hydrogens is 400 g/mol. The first kappa shape index (κ1) is 18.7. The van der Waals surface area contributed by atoms with E-state index in [1.807, 2.05) is 24.3 Å². The van der Waals surface area contributed by atoms with Gasteiger partial charge in [0.1, 0.15) is 5.75 Å². The summed E-state index contributed by atoms with van der Waals surface area (Å²) in [5, 5.41) is 2.42. The summed E-state index contributed by atoms with van der Waals surface area (Å²) in [5.74, 6) is -0.156. The van der Waals surface area contributed by atoms with E-state index in [1.54, 1.807) is 26.0 Å². The zero-order valence-corrected chi connectivity index (χ0v) is 15.5. The van der Waals surface area contributed by atoms with Crippen molar-refractivity contribution in [2.24, 2.45) is 0 Å². The Kier molecular flexibility index (Phi) is 6.62. The molecule has 24 heavy (non-hydrogen) atoms. The molecule has 1 atom stereocenters. The van der Waals surface area contributed by atoms with Crippen LogP contribution in [0.1, 0.15) is 12.5 Å². The number of thioether (sulfide) groups is 1. The van der Waals surface area contributed by atoms with Gasteiger partial charge in [0, 0.05) is 20.6 Å². The summed E-state index contributed by atoms with van der Waals surface area (Å²) in [7, 11) is 0. The summed E-state index contributed by atoms with van der Waals surface area (Å²) in [6, 6.07) is 12.3. The van der Waals surface area contributed by atoms with E-state index < -0.39 is 6.61 Å². The third-order valence-corrected chi connectivity index (χ3v) is 4.89. The number of alkyl halides is 2. The first-order valence-corrected chi connectivity index (χ1v) is 8.81. The van der Waals surface area contributed by atoms with Gasteiger partial charge in [0.25, 0.3) is 0 Å². The molecule has 0 radical (unpaired) electrons. The normalized spacial score (nSPS) is 12.1. The molecule has 1 N–H and O–H groups in total. The van der Waals surface area contributed by atoms with Crippen molar-refractivity contribution in [3.8, 4) is 5.75 Å². The van der Waals surface area contributed by atoms with Gasteiger partial charge >= 0.3 is 6.61 Å². The summed E-state index contributed by atoms with van der Waals surface area (Å²) in [5.41, 5.74) is 0.924. The van der Waals surface area contributed by atoms with Crippen LogP contribution in [0.15, 0.2) is 51.8 Å². The van der Waals surface area contributed by atoms with E-state index in [4.69, 9.17) is 0 Å². The molecule has 0 aromatic heterocycles. The molecule has 2 rings (SSSR count). The molecule has 2 aromatic rings. The predicted molar refractivity (Wildman–Crippen MR) is 95.9 cm³/mol. The number of amides is 1. The SMILES string of the molecule is Cc1c(NC(=O)C(C)Sc2ccc(Br)cc2)cccc1OC(F)F. The lowest BCUT2D eigenvalue weighted by molar-refractivity contribution is -0.115. The summed E-state index contributed by atoms with van der Waals surface area (Å²) in [6.45, 7) is 0.512. The second-order valence-corrected chi connectivity index (χ2v) is 7.34. The van der Waals surface area contributed by atoms with Gasteiger partial charge in [-0.15, -0.1) is 11.8 Å². The molecule has 0 saturated carbocycles. The highest BCUT2D eigenvalue weighted by atomic mass is 79.9. The van der Waals surface area contributed by atoms with Crippen LogP contribution >= 0.6 is 27.7 Å². The molecule has 0 heterocycles. The number of hydrogen-bond acceptors (Lipinski definition) is 3. The maximum atomic E-state index is 12.4. The summed E-state index contributed by atoms with van der Waals surface area (Å²) in [6.07, 6.45) is 0. The number of benzene rings is 2. The number of nitrogens with one attached hydrogen (secondary N) is 1. The number of hydrogen-bond donors (Lipinski definition) is 1. The molecule has 0 aliphatic rings. The second-order valence-electron chi connectivity index (χ2n) is 5.01. The number of ether oxygens (including phenoxy) is 1. The minimum Gasteiger partial charge on any atom is -0.434 e. The molecule has 2 aromatic carbocycles. The largest absolute Gasteiger partial charge is 0.434 e. The maximum Gasteiger partial charge on any atom is 0.387 e. The first-order chi connectivity index (χ1) is 11.4. The quantitative estimate of drug-likeness (QED) is 0.634. The maximum absolute atomic E-state index is 12.4. The van der Waals surface area contributed by atoms with Crippen molar-refractivity contribution in [1.29, 1.82) is 0 Å². The van der Waals surface area contributed by atoms with Crippen molar-refractivity contribution < 1.29 is 18.3 Å². The predicted octanol–water partition coefficient (Wildman–Crippen LogP) is 5.48. The van der Waals surface area contributed by atoms with E-state index in [2.05, 4.69) is 26.0 Å². The van der Waals surface area contributed by atoms with Crippen LogP contribution in [0.2, 0.25) is 0 Å². The van der Waals surface area contributed by atoms with Gasteiger partial charge in [0.05, 0.1) is 5.25 Å². The van der Waals surface area contributed by atoms with E-state index in [1.165, 1.54) is 17.8 Å². The minimum absolute atomic E-state index is 0.0519. The van der Waals surface area contributed by atoms with Crippen LogP contribution in [0.5, 0.6) is 5.75 Å². The van der Waals surface area contributed by atoms with Gasteiger partial charge in [0.15, 0.2) is 0 Å². The molecule has 128 valence electrons. The Morgan fingerprint density at radius 3 is 2.50 bits per heavy atom. The lowest BCUT2D eigenvalue weighted by Gasteiger charge is -2.15. The summed E-state index contributed by atoms with van der Waals surface area (Å²) in [4.78, 5) is 13.3. The lowest BCUT2D eigenvalue weighted by Crippen LogP contribution is -2.23. The van der Waals surface area contributed by atoms with Gasteiger partial charge in [0.2, 0.25) is 5.91 Å². The Balaban J connectivity index is 2.04. The Hall–Kier alpha value is -1.60. The Morgan fingerprint density at radius 2 is 1.88 bits per heavy atom. The third kappa shape index (κ3) is 5.21. The smallest absolute Gasteiger partial charge is 0.387 e. The average molecular weight is 416 g/mol. The zero-order chi connectivity index (χ0) is 17.7. The van der Waals surface area contributed by atoms with Gasteiger partial charge in [-0.2, -0.15) is 8.78 Å². The fraction of sp³-hybridized carbons (Fsp3) is 0.235. The molecular formula is C17H16BrF2NO2S. The molecule has 0 bridgehead atoms. The molecule has 0 aliphatic heterocycles. The Bertz CT molecular complexity index is 710. The molecule has 1 amide bonds. The van der Waals surface area contributed by atoms with Crippen molar-refractivity contribution in [3.05, 3.63) is 52.5 Å². The van der Waals surface area contributed by atoms with Crippen molar-refractivity contribution in [2.45, 2.75) is 30.6 Å². The van der Waals surface area contributed by atoms with Gasteiger partial charge in [-0.3, -0.25) is 4.79 Å². The van der Waals surface area contributed by atoms with Crippen LogP contribution in [0.3, 0.4) is 0 Å². The van der Waals surface area contributed by atoms with E-state index in [0.717, 1.165) is 9.37 Å². The van der Waals surface area contributed by atoms with Crippen molar-refractivity contribution in [2.75, 3.05) is 5.32 Å².